The predicted octanol–water partition coefficient (Wildman–Crippen LogP) is 3.08. The number of ether oxygens (including phenoxy) is 1. The Bertz CT molecular complexity index is 413. The smallest absolute Gasteiger partial charge is 0.143 e. The Morgan fingerprint density at radius 2 is 2.00 bits per heavy atom. The van der Waals surface area contributed by atoms with Gasteiger partial charge in [0, 0.05) is 5.56 Å². The van der Waals surface area contributed by atoms with E-state index in [1.165, 1.54) is 21.0 Å². The fourth-order valence-corrected chi connectivity index (χ4v) is 1.50. The number of nitriles is 1. The SMILES string of the molecule is COc1c(C(C)(C)F)ccc(C)c1C#N. The van der Waals surface area contributed by atoms with Gasteiger partial charge in [-0.15, -0.1) is 0 Å². The third-order valence-electron chi connectivity index (χ3n) is 2.32. The normalized spacial score (nSPS) is 10.9. The molecule has 0 atom stereocenters. The lowest BCUT2D eigenvalue weighted by molar-refractivity contribution is 0.213. The Hall–Kier alpha value is -1.56. The van der Waals surface area contributed by atoms with Gasteiger partial charge < -0.3 is 4.74 Å². The molecule has 1 aromatic carbocycles. The molecule has 1 aromatic rings. The standard InChI is InChI=1S/C12H14FNO/c1-8-5-6-10(12(2,3)13)11(15-4)9(8)7-14/h5-6H,1-4H3. The van der Waals surface area contributed by atoms with Crippen molar-refractivity contribution in [2.75, 3.05) is 7.11 Å². The summed E-state index contributed by atoms with van der Waals surface area (Å²) in [6, 6.07) is 5.43. The minimum absolute atomic E-state index is 0.338. The molecule has 0 unspecified atom stereocenters. The molecule has 0 aliphatic rings. The quantitative estimate of drug-likeness (QED) is 0.746. The lowest BCUT2D eigenvalue weighted by atomic mass is 9.94. The van der Waals surface area contributed by atoms with Gasteiger partial charge in [-0.3, -0.25) is 0 Å². The van der Waals surface area contributed by atoms with E-state index in [0.29, 0.717) is 16.9 Å². The maximum Gasteiger partial charge on any atom is 0.143 e. The van der Waals surface area contributed by atoms with Crippen LogP contribution in [0.4, 0.5) is 4.39 Å². The van der Waals surface area contributed by atoms with E-state index in [4.69, 9.17) is 10.00 Å². The van der Waals surface area contributed by atoms with E-state index in [2.05, 4.69) is 0 Å². The number of methoxy groups -OCH3 is 1. The fourth-order valence-electron chi connectivity index (χ4n) is 1.50. The third-order valence-corrected chi connectivity index (χ3v) is 2.32. The van der Waals surface area contributed by atoms with Crippen LogP contribution in [0.2, 0.25) is 0 Å². The molecule has 0 aliphatic heterocycles. The first-order valence-corrected chi connectivity index (χ1v) is 4.69. The molecular formula is C12H14FNO. The molecule has 0 N–H and O–H groups in total. The molecule has 0 aliphatic carbocycles. The van der Waals surface area contributed by atoms with E-state index in [0.717, 1.165) is 5.56 Å². The Morgan fingerprint density at radius 1 is 1.40 bits per heavy atom. The number of benzene rings is 1. The molecule has 2 nitrogen and oxygen atoms in total. The van der Waals surface area contributed by atoms with Gasteiger partial charge >= 0.3 is 0 Å². The van der Waals surface area contributed by atoms with Crippen LogP contribution in [0.5, 0.6) is 5.75 Å². The minimum Gasteiger partial charge on any atom is -0.495 e. The number of alkyl halides is 1. The van der Waals surface area contributed by atoms with Crippen molar-refractivity contribution in [1.82, 2.24) is 0 Å². The Balaban J connectivity index is 3.51. The molecule has 3 heteroatoms. The van der Waals surface area contributed by atoms with Crippen LogP contribution in [0.25, 0.3) is 0 Å². The van der Waals surface area contributed by atoms with Gasteiger partial charge in [-0.25, -0.2) is 4.39 Å². The Labute approximate surface area is 89.3 Å². The minimum atomic E-state index is -1.51. The van der Waals surface area contributed by atoms with Crippen molar-refractivity contribution in [3.05, 3.63) is 28.8 Å². The van der Waals surface area contributed by atoms with Gasteiger partial charge in [-0.05, 0) is 26.3 Å². The number of halogens is 1. The van der Waals surface area contributed by atoms with Crippen molar-refractivity contribution in [3.8, 4) is 11.8 Å². The molecule has 0 radical (unpaired) electrons. The zero-order valence-electron chi connectivity index (χ0n) is 9.39. The van der Waals surface area contributed by atoms with Crippen LogP contribution in [0.3, 0.4) is 0 Å². The van der Waals surface area contributed by atoms with E-state index >= 15 is 0 Å². The average molecular weight is 207 g/mol. The highest BCUT2D eigenvalue weighted by Crippen LogP contribution is 2.36. The second-order valence-electron chi connectivity index (χ2n) is 3.92. The highest BCUT2D eigenvalue weighted by molar-refractivity contribution is 5.54. The number of hydrogen-bond donors (Lipinski definition) is 0. The van der Waals surface area contributed by atoms with Gasteiger partial charge in [0.1, 0.15) is 17.5 Å². The summed E-state index contributed by atoms with van der Waals surface area (Å²) in [6.45, 7) is 4.69. The molecule has 0 heterocycles. The summed E-state index contributed by atoms with van der Waals surface area (Å²) < 4.78 is 18.9. The molecule has 0 amide bonds. The number of hydrogen-bond acceptors (Lipinski definition) is 2. The first kappa shape index (κ1) is 11.5. The maximum atomic E-state index is 13.8. The second-order valence-corrected chi connectivity index (χ2v) is 3.92. The number of aryl methyl sites for hydroxylation is 1. The van der Waals surface area contributed by atoms with Crippen molar-refractivity contribution in [3.63, 3.8) is 0 Å². The molecule has 0 saturated heterocycles. The van der Waals surface area contributed by atoms with Gasteiger partial charge in [-0.2, -0.15) is 5.26 Å². The van der Waals surface area contributed by atoms with E-state index in [9.17, 15) is 4.39 Å². The highest BCUT2D eigenvalue weighted by atomic mass is 19.1. The Kier molecular flexibility index (Phi) is 2.99. The van der Waals surface area contributed by atoms with Gasteiger partial charge in [0.05, 0.1) is 12.7 Å². The van der Waals surface area contributed by atoms with Crippen LogP contribution < -0.4 is 4.74 Å². The molecule has 1 rings (SSSR count). The Morgan fingerprint density at radius 3 is 2.40 bits per heavy atom. The van der Waals surface area contributed by atoms with Crippen molar-refractivity contribution in [2.24, 2.45) is 0 Å². The van der Waals surface area contributed by atoms with Crippen LogP contribution in [0, 0.1) is 18.3 Å². The zero-order valence-corrected chi connectivity index (χ0v) is 9.39. The molecular weight excluding hydrogens is 193 g/mol. The van der Waals surface area contributed by atoms with E-state index < -0.39 is 5.67 Å². The summed E-state index contributed by atoms with van der Waals surface area (Å²) in [7, 11) is 1.45. The average Bonchev–Trinajstić information content (AvgIpc) is 2.15. The summed E-state index contributed by atoms with van der Waals surface area (Å²) in [5, 5.41) is 8.97. The van der Waals surface area contributed by atoms with Gasteiger partial charge in [0.15, 0.2) is 0 Å². The summed E-state index contributed by atoms with van der Waals surface area (Å²) >= 11 is 0. The highest BCUT2D eigenvalue weighted by Gasteiger charge is 2.25. The molecule has 0 spiro atoms. The van der Waals surface area contributed by atoms with Crippen LogP contribution in [0.1, 0.15) is 30.5 Å². The van der Waals surface area contributed by atoms with Crippen molar-refractivity contribution in [1.29, 1.82) is 5.26 Å². The first-order valence-electron chi connectivity index (χ1n) is 4.69. The monoisotopic (exact) mass is 207 g/mol. The van der Waals surface area contributed by atoms with Crippen LogP contribution in [0.15, 0.2) is 12.1 Å². The van der Waals surface area contributed by atoms with Gasteiger partial charge in [0.25, 0.3) is 0 Å². The van der Waals surface area contributed by atoms with Crippen molar-refractivity contribution < 1.29 is 9.13 Å². The largest absolute Gasteiger partial charge is 0.495 e. The van der Waals surface area contributed by atoms with E-state index in [-0.39, 0.29) is 0 Å². The third kappa shape index (κ3) is 2.10. The van der Waals surface area contributed by atoms with Crippen LogP contribution in [-0.2, 0) is 5.67 Å². The van der Waals surface area contributed by atoms with Gasteiger partial charge in [0.2, 0.25) is 0 Å². The summed E-state index contributed by atoms with van der Waals surface area (Å²) in [5.74, 6) is 0.338. The molecule has 15 heavy (non-hydrogen) atoms. The van der Waals surface area contributed by atoms with Crippen molar-refractivity contribution >= 4 is 0 Å². The second kappa shape index (κ2) is 3.90. The van der Waals surface area contributed by atoms with Crippen LogP contribution >= 0.6 is 0 Å². The van der Waals surface area contributed by atoms with E-state index in [1.54, 1.807) is 19.1 Å². The zero-order chi connectivity index (χ0) is 11.6. The molecule has 0 fully saturated rings. The van der Waals surface area contributed by atoms with Crippen LogP contribution in [-0.4, -0.2) is 7.11 Å². The molecule has 0 saturated carbocycles. The molecule has 80 valence electrons. The van der Waals surface area contributed by atoms with Gasteiger partial charge in [-0.1, -0.05) is 12.1 Å². The first-order chi connectivity index (χ1) is 6.91. The maximum absolute atomic E-state index is 13.8. The predicted molar refractivity (Wildman–Crippen MR) is 56.6 cm³/mol. The lowest BCUT2D eigenvalue weighted by Gasteiger charge is -2.19. The number of rotatable bonds is 2. The summed E-state index contributed by atoms with van der Waals surface area (Å²) in [5.41, 5.74) is 0.0974. The summed E-state index contributed by atoms with van der Waals surface area (Å²) in [6.07, 6.45) is 0. The summed E-state index contributed by atoms with van der Waals surface area (Å²) in [4.78, 5) is 0. The molecule has 0 aromatic heterocycles. The lowest BCUT2D eigenvalue weighted by Crippen LogP contribution is -2.12. The molecule has 0 bridgehead atoms. The number of nitrogens with zero attached hydrogens (tertiary/aromatic N) is 1. The topological polar surface area (TPSA) is 33.0 Å². The van der Waals surface area contributed by atoms with Crippen molar-refractivity contribution in [2.45, 2.75) is 26.4 Å². The van der Waals surface area contributed by atoms with E-state index in [1.807, 2.05) is 6.07 Å². The fraction of sp³-hybridized carbons (Fsp3) is 0.417.